The van der Waals surface area contributed by atoms with Gasteiger partial charge in [-0.15, -0.1) is 0 Å². The van der Waals surface area contributed by atoms with Gasteiger partial charge in [-0.2, -0.15) is 8.78 Å². The Balaban J connectivity index is 1.65. The van der Waals surface area contributed by atoms with Crippen molar-refractivity contribution in [2.24, 2.45) is 0 Å². The van der Waals surface area contributed by atoms with E-state index in [0.717, 1.165) is 25.6 Å². The maximum atomic E-state index is 15.0. The third-order valence-corrected chi connectivity index (χ3v) is 7.17. The summed E-state index contributed by atoms with van der Waals surface area (Å²) >= 11 is 0. The number of halogens is 3. The first-order valence-corrected chi connectivity index (χ1v) is 12.0. The summed E-state index contributed by atoms with van der Waals surface area (Å²) in [6.45, 7) is 7.59. The lowest BCUT2D eigenvalue weighted by atomic mass is 9.91. The normalized spacial score (nSPS) is 15.8. The van der Waals surface area contributed by atoms with Crippen molar-refractivity contribution in [2.45, 2.75) is 58.1 Å². The molecule has 1 aliphatic rings. The second-order valence-electron chi connectivity index (χ2n) is 10.5. The molecule has 0 saturated carbocycles. The van der Waals surface area contributed by atoms with Crippen LogP contribution >= 0.6 is 0 Å². The van der Waals surface area contributed by atoms with Gasteiger partial charge < -0.3 is 20.2 Å². The van der Waals surface area contributed by atoms with E-state index in [4.69, 9.17) is 0 Å². The van der Waals surface area contributed by atoms with Crippen LogP contribution < -0.4 is 15.1 Å². The van der Waals surface area contributed by atoms with Crippen molar-refractivity contribution in [2.75, 3.05) is 35.8 Å². The number of benzene rings is 2. The molecule has 10 heteroatoms. The Hall–Kier alpha value is -3.40. The second-order valence-corrected chi connectivity index (χ2v) is 10.5. The lowest BCUT2D eigenvalue weighted by Crippen LogP contribution is -2.57. The fraction of sp³-hybridized carbons (Fsp3) is 0.444. The Labute approximate surface area is 214 Å². The number of nitrogens with zero attached hydrogens (tertiary/aromatic N) is 4. The van der Waals surface area contributed by atoms with Crippen LogP contribution in [0.4, 0.5) is 30.4 Å². The van der Waals surface area contributed by atoms with Gasteiger partial charge in [0.2, 0.25) is 0 Å². The van der Waals surface area contributed by atoms with Gasteiger partial charge >= 0.3 is 5.92 Å². The number of aryl methyl sites for hydroxylation is 1. The van der Waals surface area contributed by atoms with Crippen LogP contribution in [-0.4, -0.2) is 52.8 Å². The molecule has 1 amide bonds. The molecule has 198 valence electrons. The summed E-state index contributed by atoms with van der Waals surface area (Å²) in [5.74, 6) is -3.83. The lowest BCUT2D eigenvalue weighted by Gasteiger charge is -2.45. The third-order valence-electron chi connectivity index (χ3n) is 7.17. The van der Waals surface area contributed by atoms with Crippen LogP contribution in [0.1, 0.15) is 44.6 Å². The average molecular weight is 516 g/mol. The molecule has 2 N–H and O–H groups in total. The van der Waals surface area contributed by atoms with Gasteiger partial charge in [0.1, 0.15) is 28.6 Å². The molecular formula is C27H32F3N5O2. The number of aliphatic hydroxyl groups is 1. The topological polar surface area (TPSA) is 81.6 Å². The minimum absolute atomic E-state index is 0.0531. The minimum Gasteiger partial charge on any atom is -0.384 e. The maximum absolute atomic E-state index is 15.0. The predicted octanol–water partition coefficient (Wildman–Crippen LogP) is 4.79. The predicted molar refractivity (Wildman–Crippen MR) is 139 cm³/mol. The van der Waals surface area contributed by atoms with Crippen molar-refractivity contribution in [3.05, 3.63) is 53.1 Å². The van der Waals surface area contributed by atoms with Crippen LogP contribution in [0, 0.1) is 12.7 Å². The van der Waals surface area contributed by atoms with E-state index in [1.54, 1.807) is 18.9 Å². The number of likely N-dealkylation sites (N-methyl/N-ethyl adjacent to an activating group) is 2. The zero-order valence-electron chi connectivity index (χ0n) is 22.1. The van der Waals surface area contributed by atoms with Crippen LogP contribution in [0.3, 0.4) is 0 Å². The molecule has 0 atom stereocenters. The highest BCUT2D eigenvalue weighted by molar-refractivity contribution is 6.10. The van der Waals surface area contributed by atoms with Crippen LogP contribution in [0.25, 0.3) is 10.9 Å². The number of anilines is 3. The summed E-state index contributed by atoms with van der Waals surface area (Å²) in [5, 5.41) is 13.7. The highest BCUT2D eigenvalue weighted by atomic mass is 19.3. The quantitative estimate of drug-likeness (QED) is 0.492. The van der Waals surface area contributed by atoms with E-state index in [1.807, 2.05) is 37.9 Å². The highest BCUT2D eigenvalue weighted by Crippen LogP contribution is 2.42. The standard InChI is InChI=1S/C27H32F3N5O2/c1-15-32-19-14-21-20(34(6)24(36)25(2,3)35(21)7)13-17(19)23(33-15)31-12-11-16-9-8-10-18(22(16)28)27(29,30)26(4,5)37/h8-10,13-14,37H,11-12H2,1-7H3,(H,31,32,33). The minimum atomic E-state index is -3.76. The molecule has 0 spiro atoms. The molecule has 0 bridgehead atoms. The van der Waals surface area contributed by atoms with Crippen molar-refractivity contribution >= 4 is 34.0 Å². The Bertz CT molecular complexity index is 1380. The molecule has 0 fully saturated rings. The Morgan fingerprint density at radius 1 is 1.11 bits per heavy atom. The molecule has 4 rings (SSSR count). The first-order valence-electron chi connectivity index (χ1n) is 12.0. The highest BCUT2D eigenvalue weighted by Gasteiger charge is 2.49. The van der Waals surface area contributed by atoms with Crippen LogP contribution in [0.15, 0.2) is 30.3 Å². The van der Waals surface area contributed by atoms with E-state index in [2.05, 4.69) is 15.3 Å². The molecule has 2 aromatic carbocycles. The van der Waals surface area contributed by atoms with E-state index >= 15 is 4.39 Å². The number of fused-ring (bicyclic) bond motifs is 2. The summed E-state index contributed by atoms with van der Waals surface area (Å²) in [5.41, 5.74) is -1.64. The molecule has 37 heavy (non-hydrogen) atoms. The molecule has 0 aliphatic carbocycles. The third kappa shape index (κ3) is 4.37. The molecule has 1 aliphatic heterocycles. The van der Waals surface area contributed by atoms with Crippen molar-refractivity contribution in [3.63, 3.8) is 0 Å². The van der Waals surface area contributed by atoms with Gasteiger partial charge in [0.15, 0.2) is 0 Å². The van der Waals surface area contributed by atoms with E-state index in [-0.39, 0.29) is 24.4 Å². The van der Waals surface area contributed by atoms with Gasteiger partial charge in [0.05, 0.1) is 22.5 Å². The number of aromatic nitrogens is 2. The van der Waals surface area contributed by atoms with Crippen LogP contribution in [0.2, 0.25) is 0 Å². The van der Waals surface area contributed by atoms with Crippen molar-refractivity contribution < 1.29 is 23.1 Å². The fourth-order valence-electron chi connectivity index (χ4n) is 4.57. The number of rotatable bonds is 6. The van der Waals surface area contributed by atoms with Crippen molar-refractivity contribution in [3.8, 4) is 0 Å². The lowest BCUT2D eigenvalue weighted by molar-refractivity contribution is -0.170. The van der Waals surface area contributed by atoms with E-state index in [1.165, 1.54) is 12.1 Å². The first kappa shape index (κ1) is 26.7. The summed E-state index contributed by atoms with van der Waals surface area (Å²) in [6, 6.07) is 7.55. The Morgan fingerprint density at radius 3 is 2.43 bits per heavy atom. The summed E-state index contributed by atoms with van der Waals surface area (Å²) in [7, 11) is 3.59. The zero-order valence-corrected chi connectivity index (χ0v) is 22.1. The maximum Gasteiger partial charge on any atom is 0.303 e. The van der Waals surface area contributed by atoms with E-state index in [0.29, 0.717) is 28.2 Å². The largest absolute Gasteiger partial charge is 0.384 e. The number of carbonyl (C=O) groups is 1. The Morgan fingerprint density at radius 2 is 1.78 bits per heavy atom. The molecule has 1 aromatic heterocycles. The molecule has 0 unspecified atom stereocenters. The number of hydrogen-bond acceptors (Lipinski definition) is 6. The molecule has 0 saturated heterocycles. The van der Waals surface area contributed by atoms with Crippen LogP contribution in [0.5, 0.6) is 0 Å². The smallest absolute Gasteiger partial charge is 0.303 e. The number of alkyl halides is 2. The monoisotopic (exact) mass is 515 g/mol. The van der Waals surface area contributed by atoms with Gasteiger partial charge in [-0.1, -0.05) is 12.1 Å². The van der Waals surface area contributed by atoms with Gasteiger partial charge in [-0.3, -0.25) is 4.79 Å². The van der Waals surface area contributed by atoms with Gasteiger partial charge in [0.25, 0.3) is 5.91 Å². The summed E-state index contributed by atoms with van der Waals surface area (Å²) in [4.78, 5) is 25.5. The summed E-state index contributed by atoms with van der Waals surface area (Å²) < 4.78 is 44.3. The SMILES string of the molecule is Cc1nc(NCCc2cccc(C(F)(F)C(C)(C)O)c2F)c2cc3c(cc2n1)N(C)C(C)(C)C(=O)N3C. The van der Waals surface area contributed by atoms with Crippen molar-refractivity contribution in [1.82, 2.24) is 9.97 Å². The van der Waals surface area contributed by atoms with Crippen LogP contribution in [-0.2, 0) is 17.1 Å². The second kappa shape index (κ2) is 8.86. The molecule has 7 nitrogen and oxygen atoms in total. The first-order chi connectivity index (χ1) is 17.1. The fourth-order valence-corrected chi connectivity index (χ4v) is 4.57. The van der Waals surface area contributed by atoms with Gasteiger partial charge in [0, 0.05) is 26.0 Å². The zero-order chi connectivity index (χ0) is 27.5. The molecule has 3 aromatic rings. The van der Waals surface area contributed by atoms with E-state index in [9.17, 15) is 18.7 Å². The number of hydrogen-bond donors (Lipinski definition) is 2. The molecular weight excluding hydrogens is 483 g/mol. The Kier molecular flexibility index (Phi) is 6.39. The molecule has 2 heterocycles. The summed E-state index contributed by atoms with van der Waals surface area (Å²) in [6.07, 6.45) is 0.104. The van der Waals surface area contributed by atoms with Gasteiger partial charge in [-0.25, -0.2) is 14.4 Å². The van der Waals surface area contributed by atoms with Gasteiger partial charge in [-0.05, 0) is 64.8 Å². The molecule has 0 radical (unpaired) electrons. The average Bonchev–Trinajstić information content (AvgIpc) is 2.81. The van der Waals surface area contributed by atoms with Crippen molar-refractivity contribution in [1.29, 1.82) is 0 Å². The number of nitrogens with one attached hydrogen (secondary N) is 1. The number of carbonyl (C=O) groups excluding carboxylic acids is 1. The van der Waals surface area contributed by atoms with E-state index < -0.39 is 28.4 Å². The number of amides is 1.